The minimum absolute atomic E-state index is 0.0960. The van der Waals surface area contributed by atoms with E-state index < -0.39 is 42.6 Å². The fourth-order valence-corrected chi connectivity index (χ4v) is 2.21. The van der Waals surface area contributed by atoms with Crippen LogP contribution in [0.25, 0.3) is 0 Å². The Labute approximate surface area is 123 Å². The largest absolute Gasteiger partial charge is 0.463 e. The molecule has 1 heterocycles. The summed E-state index contributed by atoms with van der Waals surface area (Å²) in [5.74, 6) is -1.04. The molecule has 1 N–H and O–H groups in total. The van der Waals surface area contributed by atoms with Crippen LogP contribution in [0, 0.1) is 0 Å². The lowest BCUT2D eigenvalue weighted by Crippen LogP contribution is -2.61. The number of aliphatic hydroxyl groups excluding tert-OH is 1. The summed E-state index contributed by atoms with van der Waals surface area (Å²) in [6.45, 7) is 4.49. The number of esters is 2. The Bertz CT molecular complexity index is 358. The van der Waals surface area contributed by atoms with Crippen molar-refractivity contribution in [3.05, 3.63) is 0 Å². The van der Waals surface area contributed by atoms with Crippen molar-refractivity contribution in [1.29, 1.82) is 0 Å². The van der Waals surface area contributed by atoms with E-state index in [9.17, 15) is 14.7 Å². The lowest BCUT2D eigenvalue weighted by Gasteiger charge is -2.43. The average Bonchev–Trinajstić information content (AvgIpc) is 2.40. The predicted molar refractivity (Wildman–Crippen MR) is 69.3 cm³/mol. The molecule has 0 aliphatic carbocycles. The summed E-state index contributed by atoms with van der Waals surface area (Å²) in [4.78, 5) is 22.0. The van der Waals surface area contributed by atoms with Gasteiger partial charge >= 0.3 is 11.9 Å². The third kappa shape index (κ3) is 4.92. The molecule has 122 valence electrons. The minimum atomic E-state index is -1.39. The number of carbonyl (C=O) groups is 2. The first-order valence-electron chi connectivity index (χ1n) is 6.69. The molecule has 5 unspecified atom stereocenters. The van der Waals surface area contributed by atoms with Crippen molar-refractivity contribution < 1.29 is 38.4 Å². The first-order chi connectivity index (χ1) is 9.90. The fraction of sp³-hybridized carbons (Fsp3) is 0.846. The zero-order valence-corrected chi connectivity index (χ0v) is 12.6. The molecular weight excluding hydrogens is 284 g/mol. The van der Waals surface area contributed by atoms with Crippen LogP contribution >= 0.6 is 0 Å². The van der Waals surface area contributed by atoms with Gasteiger partial charge in [0.15, 0.2) is 12.4 Å². The number of hydrogen-bond acceptors (Lipinski definition) is 8. The number of aliphatic hydroxyl groups is 1. The van der Waals surface area contributed by atoms with Gasteiger partial charge in [0.25, 0.3) is 0 Å². The van der Waals surface area contributed by atoms with Crippen molar-refractivity contribution in [2.24, 2.45) is 0 Å². The van der Waals surface area contributed by atoms with Crippen molar-refractivity contribution in [1.82, 2.24) is 0 Å². The molecule has 0 bridgehead atoms. The second-order valence-electron chi connectivity index (χ2n) is 4.56. The highest BCUT2D eigenvalue weighted by Crippen LogP contribution is 2.27. The summed E-state index contributed by atoms with van der Waals surface area (Å²) in [6, 6.07) is 0. The first-order valence-corrected chi connectivity index (χ1v) is 6.69. The van der Waals surface area contributed by atoms with E-state index in [1.54, 1.807) is 6.92 Å². The standard InChI is InChI=1S/C13H22O8/c1-5-18-11-10(17-4)9(6-19-7(2)14)21-13(16)12(11)20-8(3)15/h9-13,16H,5-6H2,1-4H3. The zero-order valence-electron chi connectivity index (χ0n) is 12.6. The monoisotopic (exact) mass is 306 g/mol. The summed E-state index contributed by atoms with van der Waals surface area (Å²) >= 11 is 0. The van der Waals surface area contributed by atoms with E-state index in [4.69, 9.17) is 23.7 Å². The maximum atomic E-state index is 11.1. The van der Waals surface area contributed by atoms with Crippen molar-refractivity contribution in [2.45, 2.75) is 51.5 Å². The molecule has 0 aromatic heterocycles. The lowest BCUT2D eigenvalue weighted by molar-refractivity contribution is -0.301. The maximum Gasteiger partial charge on any atom is 0.303 e. The SMILES string of the molecule is CCOC1C(OC(C)=O)C(O)OC(COC(C)=O)C1OC. The molecule has 0 aromatic carbocycles. The molecule has 0 radical (unpaired) electrons. The topological polar surface area (TPSA) is 101 Å². The highest BCUT2D eigenvalue weighted by molar-refractivity contribution is 5.66. The van der Waals surface area contributed by atoms with Crippen LogP contribution in [-0.2, 0) is 33.3 Å². The molecule has 1 saturated heterocycles. The van der Waals surface area contributed by atoms with Gasteiger partial charge in [-0.2, -0.15) is 0 Å². The Kier molecular flexibility index (Phi) is 7.03. The number of carbonyl (C=O) groups excluding carboxylic acids is 2. The van der Waals surface area contributed by atoms with Gasteiger partial charge < -0.3 is 28.8 Å². The van der Waals surface area contributed by atoms with Crippen LogP contribution in [0.5, 0.6) is 0 Å². The van der Waals surface area contributed by atoms with Crippen LogP contribution in [0.4, 0.5) is 0 Å². The van der Waals surface area contributed by atoms with E-state index in [1.165, 1.54) is 21.0 Å². The van der Waals surface area contributed by atoms with Crippen molar-refractivity contribution in [3.8, 4) is 0 Å². The third-order valence-electron chi connectivity index (χ3n) is 2.99. The molecular formula is C13H22O8. The van der Waals surface area contributed by atoms with E-state index >= 15 is 0 Å². The van der Waals surface area contributed by atoms with Gasteiger partial charge in [-0.15, -0.1) is 0 Å². The molecule has 1 aliphatic heterocycles. The van der Waals surface area contributed by atoms with Gasteiger partial charge in [-0.25, -0.2) is 0 Å². The van der Waals surface area contributed by atoms with Crippen LogP contribution < -0.4 is 0 Å². The van der Waals surface area contributed by atoms with Gasteiger partial charge in [0.05, 0.1) is 0 Å². The summed E-state index contributed by atoms with van der Waals surface area (Å²) in [5.41, 5.74) is 0. The zero-order chi connectivity index (χ0) is 16.0. The minimum Gasteiger partial charge on any atom is -0.463 e. The van der Waals surface area contributed by atoms with E-state index in [-0.39, 0.29) is 6.61 Å². The number of rotatable bonds is 6. The smallest absolute Gasteiger partial charge is 0.303 e. The van der Waals surface area contributed by atoms with Crippen LogP contribution in [0.3, 0.4) is 0 Å². The second-order valence-corrected chi connectivity index (χ2v) is 4.56. The summed E-state index contributed by atoms with van der Waals surface area (Å²) < 4.78 is 26.1. The third-order valence-corrected chi connectivity index (χ3v) is 2.99. The Morgan fingerprint density at radius 2 is 1.81 bits per heavy atom. The normalized spacial score (nSPS) is 32.5. The maximum absolute atomic E-state index is 11.1. The lowest BCUT2D eigenvalue weighted by atomic mass is 9.98. The van der Waals surface area contributed by atoms with Crippen molar-refractivity contribution in [2.75, 3.05) is 20.3 Å². The average molecular weight is 306 g/mol. The molecule has 0 saturated carbocycles. The molecule has 1 aliphatic rings. The predicted octanol–water partition coefficient (Wildman–Crippen LogP) is -0.381. The van der Waals surface area contributed by atoms with Crippen LogP contribution in [-0.4, -0.2) is 68.1 Å². The second kappa shape index (κ2) is 8.28. The van der Waals surface area contributed by atoms with Crippen molar-refractivity contribution >= 4 is 11.9 Å². The number of methoxy groups -OCH3 is 1. The van der Waals surface area contributed by atoms with Gasteiger partial charge in [0.1, 0.15) is 24.9 Å². The molecule has 1 rings (SSSR count). The van der Waals surface area contributed by atoms with Gasteiger partial charge in [0.2, 0.25) is 0 Å². The molecule has 0 spiro atoms. The molecule has 21 heavy (non-hydrogen) atoms. The Balaban J connectivity index is 2.88. The van der Waals surface area contributed by atoms with Gasteiger partial charge in [-0.3, -0.25) is 9.59 Å². The van der Waals surface area contributed by atoms with Crippen LogP contribution in [0.1, 0.15) is 20.8 Å². The molecule has 0 aromatic rings. The van der Waals surface area contributed by atoms with Crippen molar-refractivity contribution in [3.63, 3.8) is 0 Å². The Hall–Kier alpha value is -1.22. The highest BCUT2D eigenvalue weighted by atomic mass is 16.7. The van der Waals surface area contributed by atoms with Gasteiger partial charge in [-0.05, 0) is 6.92 Å². The molecule has 0 amide bonds. The van der Waals surface area contributed by atoms with E-state index in [1.807, 2.05) is 0 Å². The first kappa shape index (κ1) is 17.8. The number of hydrogen-bond donors (Lipinski definition) is 1. The quantitative estimate of drug-likeness (QED) is 0.663. The molecule has 5 atom stereocenters. The van der Waals surface area contributed by atoms with E-state index in [2.05, 4.69) is 0 Å². The van der Waals surface area contributed by atoms with Gasteiger partial charge in [0, 0.05) is 27.6 Å². The van der Waals surface area contributed by atoms with Gasteiger partial charge in [-0.1, -0.05) is 0 Å². The highest BCUT2D eigenvalue weighted by Gasteiger charge is 2.48. The fourth-order valence-electron chi connectivity index (χ4n) is 2.21. The van der Waals surface area contributed by atoms with E-state index in [0.29, 0.717) is 6.61 Å². The van der Waals surface area contributed by atoms with E-state index in [0.717, 1.165) is 0 Å². The molecule has 8 heteroatoms. The molecule has 1 fully saturated rings. The molecule has 8 nitrogen and oxygen atoms in total. The Morgan fingerprint density at radius 1 is 1.14 bits per heavy atom. The number of ether oxygens (including phenoxy) is 5. The Morgan fingerprint density at radius 3 is 2.29 bits per heavy atom. The van der Waals surface area contributed by atoms with Crippen LogP contribution in [0.2, 0.25) is 0 Å². The summed E-state index contributed by atoms with van der Waals surface area (Å²) in [6.07, 6.45) is -4.51. The van der Waals surface area contributed by atoms with Crippen LogP contribution in [0.15, 0.2) is 0 Å². The summed E-state index contributed by atoms with van der Waals surface area (Å²) in [5, 5.41) is 9.99. The summed E-state index contributed by atoms with van der Waals surface area (Å²) in [7, 11) is 1.43.